The lowest BCUT2D eigenvalue weighted by Gasteiger charge is -2.10. The maximum Gasteiger partial charge on any atom is 0.115 e. The Morgan fingerprint density at radius 3 is 2.89 bits per heavy atom. The molecule has 0 radical (unpaired) electrons. The van der Waals surface area contributed by atoms with Gasteiger partial charge in [0.1, 0.15) is 6.10 Å². The van der Waals surface area contributed by atoms with Gasteiger partial charge in [-0.3, -0.25) is 0 Å². The van der Waals surface area contributed by atoms with E-state index in [1.807, 2.05) is 6.08 Å². The fourth-order valence-electron chi connectivity index (χ4n) is 1.32. The van der Waals surface area contributed by atoms with Crippen LogP contribution >= 0.6 is 15.9 Å². The van der Waals surface area contributed by atoms with Gasteiger partial charge in [-0.25, -0.2) is 0 Å². The highest BCUT2D eigenvalue weighted by atomic mass is 79.9. The Morgan fingerprint density at radius 2 is 2.56 bits per heavy atom. The highest BCUT2D eigenvalue weighted by molar-refractivity contribution is 9.11. The van der Waals surface area contributed by atoms with Crippen LogP contribution in [0.1, 0.15) is 6.42 Å². The normalized spacial score (nSPS) is 47.8. The van der Waals surface area contributed by atoms with Gasteiger partial charge < -0.3 is 9.84 Å². The summed E-state index contributed by atoms with van der Waals surface area (Å²) in [6.45, 7) is 0. The molecule has 2 rings (SSSR count). The maximum absolute atomic E-state index is 9.19. The number of aliphatic hydroxyl groups excluding tert-OH is 1. The van der Waals surface area contributed by atoms with Gasteiger partial charge in [-0.15, -0.1) is 0 Å². The summed E-state index contributed by atoms with van der Waals surface area (Å²) >= 11 is 3.31. The van der Waals surface area contributed by atoms with Crippen LogP contribution in [0.4, 0.5) is 0 Å². The summed E-state index contributed by atoms with van der Waals surface area (Å²) < 4.78 is 6.31. The third-order valence-corrected chi connectivity index (χ3v) is 2.48. The second-order valence-corrected chi connectivity index (χ2v) is 3.37. The summed E-state index contributed by atoms with van der Waals surface area (Å²) in [6.07, 6.45) is 2.60. The predicted molar refractivity (Wildman–Crippen MR) is 36.3 cm³/mol. The second-order valence-electron chi connectivity index (χ2n) is 2.45. The molecule has 3 atom stereocenters. The van der Waals surface area contributed by atoms with Crippen molar-refractivity contribution in [2.75, 3.05) is 0 Å². The smallest absolute Gasteiger partial charge is 0.115 e. The Hall–Kier alpha value is 0.140. The largest absolute Gasteiger partial charge is 0.390 e. The van der Waals surface area contributed by atoms with E-state index in [0.29, 0.717) is 0 Å². The Morgan fingerprint density at radius 1 is 1.78 bits per heavy atom. The number of hydrogen-bond acceptors (Lipinski definition) is 2. The molecule has 3 heteroatoms. The van der Waals surface area contributed by atoms with Gasteiger partial charge >= 0.3 is 0 Å². The van der Waals surface area contributed by atoms with E-state index < -0.39 is 0 Å². The fraction of sp³-hybridized carbons (Fsp3) is 0.667. The molecule has 0 aromatic carbocycles. The first-order valence-electron chi connectivity index (χ1n) is 2.98. The van der Waals surface area contributed by atoms with Crippen LogP contribution in [-0.2, 0) is 4.74 Å². The molecule has 2 bridgehead atoms. The standard InChI is InChI=1S/C6H7BrO2/c7-4-1-3-2-5(8)6(4)9-3/h1,3,5-6,8H,2H2/t3-,5+,6+/m1/s1. The summed E-state index contributed by atoms with van der Waals surface area (Å²) in [5.41, 5.74) is 0. The van der Waals surface area contributed by atoms with Crippen LogP contribution in [0.2, 0.25) is 0 Å². The first kappa shape index (κ1) is 5.89. The van der Waals surface area contributed by atoms with E-state index in [0.717, 1.165) is 10.9 Å². The quantitative estimate of drug-likeness (QED) is 0.613. The number of ether oxygens (including phenoxy) is 1. The lowest BCUT2D eigenvalue weighted by atomic mass is 10.1. The van der Waals surface area contributed by atoms with E-state index in [2.05, 4.69) is 15.9 Å². The number of hydrogen-bond donors (Lipinski definition) is 1. The van der Waals surface area contributed by atoms with Gasteiger partial charge in [-0.1, -0.05) is 15.9 Å². The topological polar surface area (TPSA) is 29.5 Å². The average Bonchev–Trinajstić information content (AvgIpc) is 2.22. The minimum atomic E-state index is -0.283. The summed E-state index contributed by atoms with van der Waals surface area (Å²) in [7, 11) is 0. The Labute approximate surface area is 61.6 Å². The van der Waals surface area contributed by atoms with Crippen molar-refractivity contribution >= 4 is 15.9 Å². The molecular weight excluding hydrogens is 184 g/mol. The molecule has 0 amide bonds. The maximum atomic E-state index is 9.19. The molecule has 2 heterocycles. The molecule has 9 heavy (non-hydrogen) atoms. The average molecular weight is 191 g/mol. The lowest BCUT2D eigenvalue weighted by molar-refractivity contribution is 0.0685. The van der Waals surface area contributed by atoms with E-state index >= 15 is 0 Å². The van der Waals surface area contributed by atoms with E-state index in [9.17, 15) is 5.11 Å². The molecule has 1 N–H and O–H groups in total. The molecule has 0 aromatic rings. The van der Waals surface area contributed by atoms with Gasteiger partial charge in [0.05, 0.1) is 12.2 Å². The molecule has 1 fully saturated rings. The van der Waals surface area contributed by atoms with E-state index in [1.165, 1.54) is 0 Å². The minimum Gasteiger partial charge on any atom is -0.390 e. The molecule has 0 unspecified atom stereocenters. The van der Waals surface area contributed by atoms with Crippen molar-refractivity contribution in [3.8, 4) is 0 Å². The molecule has 2 aliphatic rings. The predicted octanol–water partition coefficient (Wildman–Crippen LogP) is 0.797. The fourth-order valence-corrected chi connectivity index (χ4v) is 2.03. The lowest BCUT2D eigenvalue weighted by Crippen LogP contribution is -2.20. The van der Waals surface area contributed by atoms with Gasteiger partial charge in [-0.05, 0) is 6.08 Å². The second kappa shape index (κ2) is 1.81. The third-order valence-electron chi connectivity index (χ3n) is 1.76. The van der Waals surface area contributed by atoms with Crippen LogP contribution in [0.25, 0.3) is 0 Å². The van der Waals surface area contributed by atoms with Crippen LogP contribution < -0.4 is 0 Å². The van der Waals surface area contributed by atoms with Crippen molar-refractivity contribution in [2.24, 2.45) is 0 Å². The van der Waals surface area contributed by atoms with Crippen molar-refractivity contribution in [1.29, 1.82) is 0 Å². The molecule has 0 saturated carbocycles. The molecular formula is C6H7BrO2. The molecule has 50 valence electrons. The zero-order valence-electron chi connectivity index (χ0n) is 4.75. The monoisotopic (exact) mass is 190 g/mol. The molecule has 1 saturated heterocycles. The van der Waals surface area contributed by atoms with Crippen LogP contribution in [0.5, 0.6) is 0 Å². The van der Waals surface area contributed by atoms with Crippen LogP contribution in [-0.4, -0.2) is 23.4 Å². The third kappa shape index (κ3) is 0.757. The molecule has 2 aliphatic heterocycles. The summed E-state index contributed by atoms with van der Waals surface area (Å²) in [5, 5.41) is 9.19. The Balaban J connectivity index is 2.27. The van der Waals surface area contributed by atoms with Crippen LogP contribution in [0.15, 0.2) is 10.6 Å². The SMILES string of the molecule is O[C@H]1C[C@H]2C=C(Br)[C@@H]1O2. The van der Waals surface area contributed by atoms with Crippen LogP contribution in [0, 0.1) is 0 Å². The number of rotatable bonds is 0. The van der Waals surface area contributed by atoms with E-state index in [1.54, 1.807) is 0 Å². The first-order chi connectivity index (χ1) is 4.27. The van der Waals surface area contributed by atoms with E-state index in [-0.39, 0.29) is 18.3 Å². The molecule has 0 spiro atoms. The van der Waals surface area contributed by atoms with Crippen molar-refractivity contribution < 1.29 is 9.84 Å². The number of halogens is 1. The Kier molecular flexibility index (Phi) is 1.18. The molecule has 0 aromatic heterocycles. The Bertz CT molecular complexity index is 166. The van der Waals surface area contributed by atoms with Crippen molar-refractivity contribution in [3.63, 3.8) is 0 Å². The zero-order valence-corrected chi connectivity index (χ0v) is 6.34. The molecule has 0 aliphatic carbocycles. The van der Waals surface area contributed by atoms with Gasteiger partial charge in [0.25, 0.3) is 0 Å². The summed E-state index contributed by atoms with van der Waals surface area (Å²) in [4.78, 5) is 0. The number of fused-ring (bicyclic) bond motifs is 2. The summed E-state index contributed by atoms with van der Waals surface area (Å²) in [6, 6.07) is 0. The highest BCUT2D eigenvalue weighted by Gasteiger charge is 2.39. The molecule has 2 nitrogen and oxygen atoms in total. The zero-order chi connectivity index (χ0) is 6.43. The van der Waals surface area contributed by atoms with Crippen molar-refractivity contribution in [2.45, 2.75) is 24.7 Å². The highest BCUT2D eigenvalue weighted by Crippen LogP contribution is 2.36. The van der Waals surface area contributed by atoms with E-state index in [4.69, 9.17) is 4.74 Å². The number of aliphatic hydroxyl groups is 1. The van der Waals surface area contributed by atoms with Crippen LogP contribution in [0.3, 0.4) is 0 Å². The van der Waals surface area contributed by atoms with Gasteiger partial charge in [-0.2, -0.15) is 0 Å². The summed E-state index contributed by atoms with van der Waals surface area (Å²) in [5.74, 6) is 0. The van der Waals surface area contributed by atoms with Crippen molar-refractivity contribution in [1.82, 2.24) is 0 Å². The first-order valence-corrected chi connectivity index (χ1v) is 3.77. The van der Waals surface area contributed by atoms with Gasteiger partial charge in [0.2, 0.25) is 0 Å². The van der Waals surface area contributed by atoms with Crippen molar-refractivity contribution in [3.05, 3.63) is 10.6 Å². The van der Waals surface area contributed by atoms with Gasteiger partial charge in [0.15, 0.2) is 0 Å². The minimum absolute atomic E-state index is 0.0602. The van der Waals surface area contributed by atoms with Gasteiger partial charge in [0, 0.05) is 10.9 Å².